The third kappa shape index (κ3) is 5.49. The van der Waals surface area contributed by atoms with Crippen LogP contribution in [0.5, 0.6) is 5.75 Å². The van der Waals surface area contributed by atoms with E-state index in [1.807, 2.05) is 35.0 Å². The lowest BCUT2D eigenvalue weighted by molar-refractivity contribution is 0.160. The zero-order valence-electron chi connectivity index (χ0n) is 21.9. The second-order valence-corrected chi connectivity index (χ2v) is 9.82. The number of methoxy groups -OCH3 is 1. The number of benzene rings is 2. The van der Waals surface area contributed by atoms with Gasteiger partial charge < -0.3 is 9.72 Å². The van der Waals surface area contributed by atoms with Crippen LogP contribution in [0.25, 0.3) is 10.9 Å². The molecular weight excluding hydrogens is 452 g/mol. The molecule has 0 aliphatic heterocycles. The number of aromatic nitrogens is 5. The van der Waals surface area contributed by atoms with Gasteiger partial charge in [0.05, 0.1) is 18.7 Å². The van der Waals surface area contributed by atoms with E-state index in [0.29, 0.717) is 12.1 Å². The first-order valence-electron chi connectivity index (χ1n) is 12.6. The number of ether oxygens (including phenoxy) is 1. The first-order chi connectivity index (χ1) is 17.4. The van der Waals surface area contributed by atoms with Crippen molar-refractivity contribution in [2.45, 2.75) is 65.1 Å². The molecule has 1 atom stereocenters. The van der Waals surface area contributed by atoms with Gasteiger partial charge in [-0.15, -0.1) is 5.10 Å². The molecule has 0 bridgehead atoms. The van der Waals surface area contributed by atoms with Crippen molar-refractivity contribution < 1.29 is 4.74 Å². The van der Waals surface area contributed by atoms with E-state index >= 15 is 0 Å². The number of hydrogen-bond donors (Lipinski definition) is 1. The van der Waals surface area contributed by atoms with Crippen molar-refractivity contribution in [1.29, 1.82) is 0 Å². The van der Waals surface area contributed by atoms with Crippen molar-refractivity contribution in [1.82, 2.24) is 30.1 Å². The molecule has 0 radical (unpaired) electrons. The number of H-pyrrole nitrogens is 1. The van der Waals surface area contributed by atoms with Crippen LogP contribution in [-0.2, 0) is 18.5 Å². The molecule has 8 heteroatoms. The zero-order valence-corrected chi connectivity index (χ0v) is 21.9. The Morgan fingerprint density at radius 3 is 2.58 bits per heavy atom. The van der Waals surface area contributed by atoms with E-state index in [4.69, 9.17) is 4.74 Å². The van der Waals surface area contributed by atoms with E-state index in [2.05, 4.69) is 77.4 Å². The maximum atomic E-state index is 13.1. The minimum Gasteiger partial charge on any atom is -0.497 e. The molecule has 2 aromatic carbocycles. The zero-order chi connectivity index (χ0) is 25.7. The Hall–Kier alpha value is -3.52. The fourth-order valence-corrected chi connectivity index (χ4v) is 4.54. The molecule has 4 rings (SSSR count). The number of aromatic amines is 1. The van der Waals surface area contributed by atoms with Crippen LogP contribution in [0.2, 0.25) is 0 Å². The molecule has 1 N–H and O–H groups in total. The summed E-state index contributed by atoms with van der Waals surface area (Å²) in [5.41, 5.74) is 2.45. The Labute approximate surface area is 212 Å². The van der Waals surface area contributed by atoms with Crippen LogP contribution < -0.4 is 10.3 Å². The Kier molecular flexibility index (Phi) is 7.84. The molecule has 8 nitrogen and oxygen atoms in total. The van der Waals surface area contributed by atoms with E-state index in [9.17, 15) is 4.79 Å². The Bertz CT molecular complexity index is 1350. The van der Waals surface area contributed by atoms with Crippen LogP contribution in [0.4, 0.5) is 0 Å². The quantitative estimate of drug-likeness (QED) is 0.324. The topological polar surface area (TPSA) is 88.9 Å². The van der Waals surface area contributed by atoms with Crippen molar-refractivity contribution in [2.75, 3.05) is 13.7 Å². The molecule has 2 heterocycles. The normalized spacial score (nSPS) is 12.8. The fraction of sp³-hybridized carbons (Fsp3) is 0.429. The van der Waals surface area contributed by atoms with Crippen molar-refractivity contribution >= 4 is 10.9 Å². The van der Waals surface area contributed by atoms with Gasteiger partial charge in [-0.2, -0.15) is 0 Å². The number of fused-ring (bicyclic) bond motifs is 1. The number of nitrogens with zero attached hydrogens (tertiary/aromatic N) is 5. The second-order valence-electron chi connectivity index (χ2n) is 9.82. The SMILES string of the molecule is CCC(c1nnnn1C(C)(C)CC)N(CCc1ccccc1)Cc1cc2cc(OC)ccc2[nH]c1=O. The molecule has 0 spiro atoms. The summed E-state index contributed by atoms with van der Waals surface area (Å²) < 4.78 is 7.34. The molecule has 0 aliphatic carbocycles. The number of nitrogens with one attached hydrogen (secondary N) is 1. The van der Waals surface area contributed by atoms with Crippen LogP contribution in [-0.4, -0.2) is 43.7 Å². The lowest BCUT2D eigenvalue weighted by Gasteiger charge is -2.33. The van der Waals surface area contributed by atoms with Crippen LogP contribution in [0.3, 0.4) is 0 Å². The highest BCUT2D eigenvalue weighted by Crippen LogP contribution is 2.29. The van der Waals surface area contributed by atoms with Crippen LogP contribution >= 0.6 is 0 Å². The molecule has 4 aromatic rings. The third-order valence-electron chi connectivity index (χ3n) is 7.09. The van der Waals surface area contributed by atoms with Crippen molar-refractivity contribution in [3.8, 4) is 5.75 Å². The number of tetrazole rings is 1. The minimum atomic E-state index is -0.214. The summed E-state index contributed by atoms with van der Waals surface area (Å²) in [6.07, 6.45) is 2.57. The monoisotopic (exact) mass is 488 g/mol. The van der Waals surface area contributed by atoms with Gasteiger partial charge in [-0.25, -0.2) is 4.68 Å². The predicted molar refractivity (Wildman–Crippen MR) is 142 cm³/mol. The average Bonchev–Trinajstić information content (AvgIpc) is 3.39. The van der Waals surface area contributed by atoms with E-state index in [0.717, 1.165) is 48.3 Å². The number of rotatable bonds is 11. The van der Waals surface area contributed by atoms with Gasteiger partial charge in [0, 0.05) is 29.6 Å². The summed E-state index contributed by atoms with van der Waals surface area (Å²) in [5, 5.41) is 13.8. The molecule has 1 unspecified atom stereocenters. The summed E-state index contributed by atoms with van der Waals surface area (Å²) in [6.45, 7) is 9.82. The molecule has 0 amide bonds. The molecule has 0 aliphatic rings. The van der Waals surface area contributed by atoms with Crippen molar-refractivity contribution in [2.24, 2.45) is 0 Å². The number of hydrogen-bond acceptors (Lipinski definition) is 6. The van der Waals surface area contributed by atoms with Gasteiger partial charge in [-0.05, 0) is 73.4 Å². The smallest absolute Gasteiger partial charge is 0.252 e. The van der Waals surface area contributed by atoms with Gasteiger partial charge in [0.25, 0.3) is 5.56 Å². The highest BCUT2D eigenvalue weighted by atomic mass is 16.5. The first kappa shape index (κ1) is 25.6. The molecule has 2 aromatic heterocycles. The lowest BCUT2D eigenvalue weighted by atomic mass is 10.0. The highest BCUT2D eigenvalue weighted by Gasteiger charge is 2.31. The summed E-state index contributed by atoms with van der Waals surface area (Å²) in [4.78, 5) is 18.5. The van der Waals surface area contributed by atoms with Gasteiger partial charge in [-0.3, -0.25) is 9.69 Å². The van der Waals surface area contributed by atoms with Gasteiger partial charge in [0.2, 0.25) is 0 Å². The van der Waals surface area contributed by atoms with Gasteiger partial charge in [0.1, 0.15) is 5.75 Å². The second kappa shape index (κ2) is 11.0. The molecule has 0 saturated heterocycles. The average molecular weight is 489 g/mol. The maximum absolute atomic E-state index is 13.1. The summed E-state index contributed by atoms with van der Waals surface area (Å²) in [7, 11) is 1.65. The van der Waals surface area contributed by atoms with Crippen molar-refractivity contribution in [3.05, 3.63) is 81.9 Å². The van der Waals surface area contributed by atoms with E-state index < -0.39 is 0 Å². The molecular formula is C28H36N6O2. The largest absolute Gasteiger partial charge is 0.497 e. The van der Waals surface area contributed by atoms with Crippen LogP contribution in [0.1, 0.15) is 63.5 Å². The Morgan fingerprint density at radius 2 is 1.89 bits per heavy atom. The molecule has 0 fully saturated rings. The lowest BCUT2D eigenvalue weighted by Crippen LogP contribution is -2.37. The van der Waals surface area contributed by atoms with Gasteiger partial charge in [0.15, 0.2) is 5.82 Å². The standard InChI is InChI=1S/C28H36N6O2/c1-6-25(26-30-31-32-34(26)28(3,4)7-2)33(16-15-20-11-9-8-10-12-20)19-22-17-21-18-23(36-5)13-14-24(21)29-27(22)35/h8-14,17-18,25H,6-7,15-16,19H2,1-5H3,(H,29,35). The summed E-state index contributed by atoms with van der Waals surface area (Å²) in [5.74, 6) is 1.59. The van der Waals surface area contributed by atoms with E-state index in [1.165, 1.54) is 5.56 Å². The first-order valence-corrected chi connectivity index (χ1v) is 12.6. The van der Waals surface area contributed by atoms with Gasteiger partial charge >= 0.3 is 0 Å². The fourth-order valence-electron chi connectivity index (χ4n) is 4.54. The summed E-state index contributed by atoms with van der Waals surface area (Å²) in [6, 6.07) is 18.0. The van der Waals surface area contributed by atoms with Crippen LogP contribution in [0, 0.1) is 0 Å². The molecule has 36 heavy (non-hydrogen) atoms. The van der Waals surface area contributed by atoms with E-state index in [-0.39, 0.29) is 17.1 Å². The number of pyridine rings is 1. The third-order valence-corrected chi connectivity index (χ3v) is 7.09. The minimum absolute atomic E-state index is 0.0463. The Morgan fingerprint density at radius 1 is 1.11 bits per heavy atom. The summed E-state index contributed by atoms with van der Waals surface area (Å²) >= 11 is 0. The van der Waals surface area contributed by atoms with E-state index in [1.54, 1.807) is 7.11 Å². The molecule has 190 valence electrons. The van der Waals surface area contributed by atoms with Gasteiger partial charge in [-0.1, -0.05) is 44.2 Å². The predicted octanol–water partition coefficient (Wildman–Crippen LogP) is 4.86. The molecule has 0 saturated carbocycles. The Balaban J connectivity index is 1.73. The maximum Gasteiger partial charge on any atom is 0.252 e. The highest BCUT2D eigenvalue weighted by molar-refractivity contribution is 5.80. The van der Waals surface area contributed by atoms with Crippen LogP contribution in [0.15, 0.2) is 59.4 Å². The van der Waals surface area contributed by atoms with Crippen molar-refractivity contribution in [3.63, 3.8) is 0 Å².